The van der Waals surface area contributed by atoms with Gasteiger partial charge in [0, 0.05) is 10.6 Å². The molecule has 1 atom stereocenters. The Bertz CT molecular complexity index is 679. The van der Waals surface area contributed by atoms with E-state index in [1.54, 1.807) is 31.2 Å². The van der Waals surface area contributed by atoms with Gasteiger partial charge in [0.05, 0.1) is 11.7 Å². The number of nitrogens with one attached hydrogen (secondary N) is 1. The van der Waals surface area contributed by atoms with Gasteiger partial charge in [-0.2, -0.15) is 0 Å². The van der Waals surface area contributed by atoms with E-state index in [-0.39, 0.29) is 22.9 Å². The van der Waals surface area contributed by atoms with E-state index in [9.17, 15) is 9.59 Å². The van der Waals surface area contributed by atoms with E-state index in [0.29, 0.717) is 10.6 Å². The Kier molecular flexibility index (Phi) is 4.28. The van der Waals surface area contributed by atoms with Gasteiger partial charge in [-0.1, -0.05) is 16.8 Å². The highest BCUT2D eigenvalue weighted by molar-refractivity contribution is 6.30. The van der Waals surface area contributed by atoms with Crippen molar-refractivity contribution in [3.63, 3.8) is 0 Å². The topological polar surface area (TPSA) is 92.4 Å². The second-order valence-electron chi connectivity index (χ2n) is 4.51. The first-order valence-corrected chi connectivity index (χ1v) is 6.54. The summed E-state index contributed by atoms with van der Waals surface area (Å²) in [5, 5.41) is 16.0. The number of carboxylic acids is 1. The van der Waals surface area contributed by atoms with E-state index < -0.39 is 12.0 Å². The summed E-state index contributed by atoms with van der Waals surface area (Å²) in [5.41, 5.74) is 0.656. The van der Waals surface area contributed by atoms with Crippen LogP contribution in [0.2, 0.25) is 5.02 Å². The molecule has 2 N–H and O–H groups in total. The van der Waals surface area contributed by atoms with Crippen LogP contribution in [0.5, 0.6) is 0 Å². The highest BCUT2D eigenvalue weighted by atomic mass is 35.5. The van der Waals surface area contributed by atoms with Gasteiger partial charge < -0.3 is 14.9 Å². The fourth-order valence-electron chi connectivity index (χ4n) is 1.89. The summed E-state index contributed by atoms with van der Waals surface area (Å²) in [7, 11) is 0. The first kappa shape index (κ1) is 15.1. The number of hydrogen-bond acceptors (Lipinski definition) is 4. The highest BCUT2D eigenvalue weighted by Gasteiger charge is 2.25. The van der Waals surface area contributed by atoms with E-state index in [1.165, 1.54) is 6.92 Å². The molecular formula is C14H13ClN2O4. The van der Waals surface area contributed by atoms with Crippen molar-refractivity contribution in [1.82, 2.24) is 10.5 Å². The summed E-state index contributed by atoms with van der Waals surface area (Å²) in [6.07, 6.45) is 0. The molecule has 0 aliphatic rings. The number of benzene rings is 1. The third-order valence-electron chi connectivity index (χ3n) is 2.95. The molecule has 2 aromatic rings. The van der Waals surface area contributed by atoms with Crippen molar-refractivity contribution in [1.29, 1.82) is 0 Å². The van der Waals surface area contributed by atoms with Crippen molar-refractivity contribution >= 4 is 23.5 Å². The Morgan fingerprint density at radius 3 is 2.52 bits per heavy atom. The van der Waals surface area contributed by atoms with Crippen molar-refractivity contribution in [2.24, 2.45) is 0 Å². The van der Waals surface area contributed by atoms with Crippen LogP contribution in [0.25, 0.3) is 0 Å². The SMILES string of the molecule is Cc1noc(C(C)NC(=O)c2ccc(Cl)cc2)c1C(=O)O. The van der Waals surface area contributed by atoms with Gasteiger partial charge >= 0.3 is 5.97 Å². The van der Waals surface area contributed by atoms with Gasteiger partial charge in [0.1, 0.15) is 5.56 Å². The van der Waals surface area contributed by atoms with Crippen LogP contribution in [-0.4, -0.2) is 22.1 Å². The summed E-state index contributed by atoms with van der Waals surface area (Å²) < 4.78 is 5.01. The van der Waals surface area contributed by atoms with Crippen LogP contribution in [0.1, 0.15) is 45.1 Å². The van der Waals surface area contributed by atoms with E-state index in [4.69, 9.17) is 21.2 Å². The lowest BCUT2D eigenvalue weighted by Crippen LogP contribution is -2.27. The summed E-state index contributed by atoms with van der Waals surface area (Å²) in [5.74, 6) is -1.39. The molecule has 6 nitrogen and oxygen atoms in total. The molecule has 0 fully saturated rings. The first-order chi connectivity index (χ1) is 9.90. The fourth-order valence-corrected chi connectivity index (χ4v) is 2.02. The number of aromatic nitrogens is 1. The van der Waals surface area contributed by atoms with Crippen LogP contribution in [0.4, 0.5) is 0 Å². The third kappa shape index (κ3) is 3.22. The molecule has 0 spiro atoms. The van der Waals surface area contributed by atoms with Crippen LogP contribution in [0.3, 0.4) is 0 Å². The quantitative estimate of drug-likeness (QED) is 0.906. The number of carbonyl (C=O) groups excluding carboxylic acids is 1. The highest BCUT2D eigenvalue weighted by Crippen LogP contribution is 2.21. The Balaban J connectivity index is 2.18. The fraction of sp³-hybridized carbons (Fsp3) is 0.214. The van der Waals surface area contributed by atoms with Gasteiger partial charge in [0.15, 0.2) is 5.76 Å². The van der Waals surface area contributed by atoms with Crippen molar-refractivity contribution < 1.29 is 19.2 Å². The largest absolute Gasteiger partial charge is 0.477 e. The van der Waals surface area contributed by atoms with Crippen molar-refractivity contribution in [3.8, 4) is 0 Å². The zero-order valence-corrected chi connectivity index (χ0v) is 12.1. The standard InChI is InChI=1S/C14H13ClN2O4/c1-7-11(14(19)20)12(21-17-7)8(2)16-13(18)9-3-5-10(15)6-4-9/h3-6,8H,1-2H3,(H,16,18)(H,19,20). The van der Waals surface area contributed by atoms with Gasteiger partial charge in [-0.3, -0.25) is 4.79 Å². The Morgan fingerprint density at radius 1 is 1.33 bits per heavy atom. The number of carboxylic acid groups (broad SMARTS) is 1. The predicted octanol–water partition coefficient (Wildman–Crippen LogP) is 2.83. The number of hydrogen-bond donors (Lipinski definition) is 2. The smallest absolute Gasteiger partial charge is 0.341 e. The molecule has 0 aliphatic carbocycles. The lowest BCUT2D eigenvalue weighted by molar-refractivity contribution is 0.0690. The molecule has 0 saturated heterocycles. The Morgan fingerprint density at radius 2 is 1.95 bits per heavy atom. The van der Waals surface area contributed by atoms with Gasteiger partial charge in [-0.15, -0.1) is 0 Å². The summed E-state index contributed by atoms with van der Waals surface area (Å²) in [4.78, 5) is 23.2. The van der Waals surface area contributed by atoms with E-state index in [1.807, 2.05) is 0 Å². The molecule has 7 heteroatoms. The lowest BCUT2D eigenvalue weighted by atomic mass is 10.1. The average molecular weight is 309 g/mol. The molecule has 110 valence electrons. The number of amides is 1. The molecule has 0 bridgehead atoms. The number of nitrogens with zero attached hydrogens (tertiary/aromatic N) is 1. The van der Waals surface area contributed by atoms with Crippen LogP contribution in [0.15, 0.2) is 28.8 Å². The molecule has 1 aromatic carbocycles. The van der Waals surface area contributed by atoms with Gasteiger partial charge in [0.25, 0.3) is 5.91 Å². The number of aromatic carboxylic acids is 1. The van der Waals surface area contributed by atoms with Gasteiger partial charge in [0.2, 0.25) is 0 Å². The Labute approximate surface area is 125 Å². The maximum Gasteiger partial charge on any atom is 0.341 e. The third-order valence-corrected chi connectivity index (χ3v) is 3.20. The minimum atomic E-state index is -1.14. The summed E-state index contributed by atoms with van der Waals surface area (Å²) in [6, 6.07) is 5.73. The number of rotatable bonds is 4. The lowest BCUT2D eigenvalue weighted by Gasteiger charge is -2.11. The van der Waals surface area contributed by atoms with E-state index in [2.05, 4.69) is 10.5 Å². The van der Waals surface area contributed by atoms with Crippen molar-refractivity contribution in [2.45, 2.75) is 19.9 Å². The maximum atomic E-state index is 12.1. The van der Waals surface area contributed by atoms with E-state index >= 15 is 0 Å². The number of carbonyl (C=O) groups is 2. The minimum absolute atomic E-state index is 0.0288. The molecule has 0 radical (unpaired) electrons. The van der Waals surface area contributed by atoms with Gasteiger partial charge in [-0.05, 0) is 38.1 Å². The van der Waals surface area contributed by atoms with Crippen LogP contribution >= 0.6 is 11.6 Å². The first-order valence-electron chi connectivity index (χ1n) is 6.16. The predicted molar refractivity (Wildman–Crippen MR) is 75.5 cm³/mol. The maximum absolute atomic E-state index is 12.1. The monoisotopic (exact) mass is 308 g/mol. The normalized spacial score (nSPS) is 12.0. The number of halogens is 1. The molecule has 1 heterocycles. The molecule has 1 aromatic heterocycles. The number of aryl methyl sites for hydroxylation is 1. The molecule has 2 rings (SSSR count). The van der Waals surface area contributed by atoms with Crippen LogP contribution < -0.4 is 5.32 Å². The van der Waals surface area contributed by atoms with Crippen LogP contribution in [-0.2, 0) is 0 Å². The molecule has 1 unspecified atom stereocenters. The molecular weight excluding hydrogens is 296 g/mol. The minimum Gasteiger partial charge on any atom is -0.477 e. The zero-order chi connectivity index (χ0) is 15.6. The van der Waals surface area contributed by atoms with Crippen LogP contribution in [0, 0.1) is 6.92 Å². The van der Waals surface area contributed by atoms with Crippen molar-refractivity contribution in [2.75, 3.05) is 0 Å². The zero-order valence-electron chi connectivity index (χ0n) is 11.4. The van der Waals surface area contributed by atoms with Crippen molar-refractivity contribution in [3.05, 3.63) is 51.9 Å². The molecule has 21 heavy (non-hydrogen) atoms. The van der Waals surface area contributed by atoms with Gasteiger partial charge in [-0.25, -0.2) is 4.79 Å². The molecule has 1 amide bonds. The second kappa shape index (κ2) is 5.97. The molecule has 0 aliphatic heterocycles. The Hall–Kier alpha value is -2.34. The second-order valence-corrected chi connectivity index (χ2v) is 4.95. The van der Waals surface area contributed by atoms with E-state index in [0.717, 1.165) is 0 Å². The average Bonchev–Trinajstić information content (AvgIpc) is 2.81. The molecule has 0 saturated carbocycles. The summed E-state index contributed by atoms with van der Waals surface area (Å²) >= 11 is 5.76. The summed E-state index contributed by atoms with van der Waals surface area (Å²) in [6.45, 7) is 3.16.